The van der Waals surface area contributed by atoms with E-state index in [-0.39, 0.29) is 29.5 Å². The largest absolute Gasteiger partial charge is 0.508 e. The SMILES string of the molecule is CN[C@@H](C)C(=O)N[C@@H](Cc1ccc(O)cc1)C(=O)N1CCC[C@H]1CN(CCc1ccccc1)C(C)=O. The zero-order valence-corrected chi connectivity index (χ0v) is 21.4. The monoisotopic (exact) mass is 494 g/mol. The van der Waals surface area contributed by atoms with Crippen molar-refractivity contribution in [1.82, 2.24) is 20.4 Å². The first-order valence-corrected chi connectivity index (χ1v) is 12.6. The van der Waals surface area contributed by atoms with E-state index in [4.69, 9.17) is 0 Å². The Morgan fingerprint density at radius 3 is 2.42 bits per heavy atom. The molecule has 194 valence electrons. The third kappa shape index (κ3) is 7.55. The van der Waals surface area contributed by atoms with Crippen molar-refractivity contribution in [2.75, 3.05) is 26.7 Å². The molecule has 0 saturated carbocycles. The number of hydrogen-bond donors (Lipinski definition) is 3. The molecule has 3 atom stereocenters. The van der Waals surface area contributed by atoms with Gasteiger partial charge >= 0.3 is 0 Å². The first kappa shape index (κ1) is 27.2. The summed E-state index contributed by atoms with van der Waals surface area (Å²) in [6.07, 6.45) is 2.73. The van der Waals surface area contributed by atoms with Gasteiger partial charge in [0.25, 0.3) is 0 Å². The van der Waals surface area contributed by atoms with Crippen LogP contribution in [-0.4, -0.2) is 77.4 Å². The van der Waals surface area contributed by atoms with Crippen molar-refractivity contribution in [1.29, 1.82) is 0 Å². The van der Waals surface area contributed by atoms with Gasteiger partial charge in [-0.05, 0) is 56.5 Å². The van der Waals surface area contributed by atoms with Crippen LogP contribution < -0.4 is 10.6 Å². The van der Waals surface area contributed by atoms with E-state index >= 15 is 0 Å². The molecule has 2 aromatic rings. The maximum absolute atomic E-state index is 13.7. The molecule has 0 bridgehead atoms. The minimum Gasteiger partial charge on any atom is -0.508 e. The molecule has 1 aliphatic rings. The van der Waals surface area contributed by atoms with E-state index in [1.54, 1.807) is 45.2 Å². The molecule has 1 fully saturated rings. The molecule has 3 rings (SSSR count). The van der Waals surface area contributed by atoms with E-state index in [0.717, 1.165) is 24.8 Å². The number of nitrogens with one attached hydrogen (secondary N) is 2. The summed E-state index contributed by atoms with van der Waals surface area (Å²) in [7, 11) is 1.70. The van der Waals surface area contributed by atoms with Crippen molar-refractivity contribution in [3.63, 3.8) is 0 Å². The molecule has 8 nitrogen and oxygen atoms in total. The summed E-state index contributed by atoms with van der Waals surface area (Å²) >= 11 is 0. The lowest BCUT2D eigenvalue weighted by Crippen LogP contribution is -2.55. The summed E-state index contributed by atoms with van der Waals surface area (Å²) < 4.78 is 0. The van der Waals surface area contributed by atoms with Gasteiger partial charge < -0.3 is 25.5 Å². The Morgan fingerprint density at radius 1 is 1.08 bits per heavy atom. The lowest BCUT2D eigenvalue weighted by Gasteiger charge is -2.33. The highest BCUT2D eigenvalue weighted by Gasteiger charge is 2.35. The highest BCUT2D eigenvalue weighted by Crippen LogP contribution is 2.21. The third-order valence-electron chi connectivity index (χ3n) is 6.87. The van der Waals surface area contributed by atoms with Gasteiger partial charge in [0.15, 0.2) is 0 Å². The lowest BCUT2D eigenvalue weighted by molar-refractivity contribution is -0.139. The van der Waals surface area contributed by atoms with E-state index in [0.29, 0.717) is 26.1 Å². The fourth-order valence-electron chi connectivity index (χ4n) is 4.55. The average molecular weight is 495 g/mol. The van der Waals surface area contributed by atoms with Crippen molar-refractivity contribution >= 4 is 17.7 Å². The molecule has 3 amide bonds. The zero-order chi connectivity index (χ0) is 26.1. The number of phenols is 1. The van der Waals surface area contributed by atoms with Gasteiger partial charge in [0.2, 0.25) is 17.7 Å². The molecule has 1 saturated heterocycles. The van der Waals surface area contributed by atoms with Gasteiger partial charge in [0.1, 0.15) is 11.8 Å². The second-order valence-electron chi connectivity index (χ2n) is 9.47. The van der Waals surface area contributed by atoms with Crippen LogP contribution in [0.25, 0.3) is 0 Å². The first-order chi connectivity index (χ1) is 17.3. The summed E-state index contributed by atoms with van der Waals surface area (Å²) in [5.74, 6) is -0.261. The molecular formula is C28H38N4O4. The number of phenolic OH excluding ortho intramolecular Hbond substituents is 1. The number of carbonyl (C=O) groups excluding carboxylic acids is 3. The predicted molar refractivity (Wildman–Crippen MR) is 139 cm³/mol. The summed E-state index contributed by atoms with van der Waals surface area (Å²) in [5, 5.41) is 15.4. The van der Waals surface area contributed by atoms with Gasteiger partial charge in [-0.1, -0.05) is 42.5 Å². The molecule has 3 N–H and O–H groups in total. The minimum absolute atomic E-state index is 0.0120. The van der Waals surface area contributed by atoms with Crippen molar-refractivity contribution in [3.8, 4) is 5.75 Å². The number of rotatable bonds is 11. The Kier molecular flexibility index (Phi) is 9.87. The normalized spacial score (nSPS) is 16.9. The van der Waals surface area contributed by atoms with E-state index in [1.165, 1.54) is 5.56 Å². The maximum Gasteiger partial charge on any atom is 0.245 e. The van der Waals surface area contributed by atoms with Gasteiger partial charge in [-0.25, -0.2) is 0 Å². The van der Waals surface area contributed by atoms with Crippen LogP contribution in [0.5, 0.6) is 5.75 Å². The van der Waals surface area contributed by atoms with Gasteiger partial charge in [-0.2, -0.15) is 0 Å². The van der Waals surface area contributed by atoms with Crippen molar-refractivity contribution in [2.24, 2.45) is 0 Å². The number of amides is 3. The summed E-state index contributed by atoms with van der Waals surface area (Å²) in [6.45, 7) is 4.97. The van der Waals surface area contributed by atoms with Gasteiger partial charge in [0, 0.05) is 39.0 Å². The fourth-order valence-corrected chi connectivity index (χ4v) is 4.55. The zero-order valence-electron chi connectivity index (χ0n) is 21.4. The van der Waals surface area contributed by atoms with Crippen LogP contribution in [-0.2, 0) is 27.2 Å². The van der Waals surface area contributed by atoms with Crippen LogP contribution in [0.15, 0.2) is 54.6 Å². The Balaban J connectivity index is 1.72. The van der Waals surface area contributed by atoms with Crippen LogP contribution in [0.1, 0.15) is 37.8 Å². The highest BCUT2D eigenvalue weighted by atomic mass is 16.3. The van der Waals surface area contributed by atoms with E-state index in [1.807, 2.05) is 40.1 Å². The summed E-state index contributed by atoms with van der Waals surface area (Å²) in [4.78, 5) is 42.5. The Bertz CT molecular complexity index is 1010. The quantitative estimate of drug-likeness (QED) is 0.444. The molecule has 8 heteroatoms. The molecule has 36 heavy (non-hydrogen) atoms. The van der Waals surface area contributed by atoms with Crippen LogP contribution >= 0.6 is 0 Å². The Labute approximate surface area is 213 Å². The number of nitrogens with zero attached hydrogens (tertiary/aromatic N) is 2. The lowest BCUT2D eigenvalue weighted by atomic mass is 10.0. The van der Waals surface area contributed by atoms with Crippen LogP contribution in [0.4, 0.5) is 0 Å². The average Bonchev–Trinajstić information content (AvgIpc) is 3.35. The molecule has 0 aliphatic carbocycles. The Morgan fingerprint density at radius 2 is 1.78 bits per heavy atom. The number of aromatic hydroxyl groups is 1. The molecule has 0 aromatic heterocycles. The first-order valence-electron chi connectivity index (χ1n) is 12.6. The standard InChI is InChI=1S/C28H38N4O4/c1-20(29-3)27(35)30-26(18-23-11-13-25(34)14-12-23)28(36)32-16-7-10-24(32)19-31(21(2)33)17-15-22-8-5-4-6-9-22/h4-6,8-9,11-14,20,24,26,29,34H,7,10,15-19H2,1-3H3,(H,30,35)/t20-,24-,26-/m0/s1. The summed E-state index contributed by atoms with van der Waals surface area (Å²) in [6, 6.07) is 15.4. The number of carbonyl (C=O) groups is 3. The minimum atomic E-state index is -0.742. The molecule has 2 aromatic carbocycles. The number of benzene rings is 2. The molecule has 0 radical (unpaired) electrons. The van der Waals surface area contributed by atoms with Crippen molar-refractivity contribution < 1.29 is 19.5 Å². The fraction of sp³-hybridized carbons (Fsp3) is 0.464. The third-order valence-corrected chi connectivity index (χ3v) is 6.87. The Hall–Kier alpha value is -3.39. The molecule has 0 unspecified atom stereocenters. The predicted octanol–water partition coefficient (Wildman–Crippen LogP) is 2.11. The summed E-state index contributed by atoms with van der Waals surface area (Å²) in [5.41, 5.74) is 2.01. The highest BCUT2D eigenvalue weighted by molar-refractivity contribution is 5.90. The van der Waals surface area contributed by atoms with E-state index in [2.05, 4.69) is 10.6 Å². The number of likely N-dealkylation sites (N-methyl/N-ethyl adjacent to an activating group) is 1. The van der Waals surface area contributed by atoms with Crippen LogP contribution in [0.2, 0.25) is 0 Å². The van der Waals surface area contributed by atoms with Gasteiger partial charge in [-0.15, -0.1) is 0 Å². The van der Waals surface area contributed by atoms with E-state index < -0.39 is 12.1 Å². The van der Waals surface area contributed by atoms with Crippen LogP contribution in [0.3, 0.4) is 0 Å². The molecule has 0 spiro atoms. The second kappa shape index (κ2) is 13.1. The number of likely N-dealkylation sites (tertiary alicyclic amines) is 1. The number of hydrogen-bond acceptors (Lipinski definition) is 5. The van der Waals surface area contributed by atoms with Crippen LogP contribution in [0, 0.1) is 0 Å². The molecule has 1 heterocycles. The van der Waals surface area contributed by atoms with Crippen molar-refractivity contribution in [2.45, 2.75) is 57.7 Å². The van der Waals surface area contributed by atoms with Gasteiger partial charge in [-0.3, -0.25) is 14.4 Å². The topological polar surface area (TPSA) is 102 Å². The smallest absolute Gasteiger partial charge is 0.245 e. The van der Waals surface area contributed by atoms with Gasteiger partial charge in [0.05, 0.1) is 6.04 Å². The molecular weight excluding hydrogens is 456 g/mol. The second-order valence-corrected chi connectivity index (χ2v) is 9.47. The van der Waals surface area contributed by atoms with Crippen molar-refractivity contribution in [3.05, 3.63) is 65.7 Å². The van der Waals surface area contributed by atoms with E-state index in [9.17, 15) is 19.5 Å². The maximum atomic E-state index is 13.7. The molecule has 1 aliphatic heterocycles.